The van der Waals surface area contributed by atoms with Crippen LogP contribution in [0.2, 0.25) is 0 Å². The Hall–Kier alpha value is -1.95. The minimum atomic E-state index is -0.586. The summed E-state index contributed by atoms with van der Waals surface area (Å²) in [6.07, 6.45) is 2.68. The Morgan fingerprint density at radius 1 is 1.29 bits per heavy atom. The number of rotatable bonds is 6. The summed E-state index contributed by atoms with van der Waals surface area (Å²) >= 11 is 0. The number of nitrogens with zero attached hydrogens (tertiary/aromatic N) is 1. The molecule has 0 aliphatic heterocycles. The molecule has 1 rings (SSSR count). The molecule has 0 spiro atoms. The first-order valence-electron chi connectivity index (χ1n) is 6.73. The lowest BCUT2D eigenvalue weighted by Gasteiger charge is -2.23. The number of hydrogen-bond donors (Lipinski definition) is 1. The number of alkyl carbamates (subject to hydrolysis) is 1. The van der Waals surface area contributed by atoms with Gasteiger partial charge in [-0.15, -0.1) is 0 Å². The number of hydrogen-bond acceptors (Lipinski definition) is 5. The maximum Gasteiger partial charge on any atom is 0.407 e. The van der Waals surface area contributed by atoms with Gasteiger partial charge in [-0.25, -0.2) is 4.79 Å². The van der Waals surface area contributed by atoms with Gasteiger partial charge in [0.15, 0.2) is 5.78 Å². The van der Waals surface area contributed by atoms with E-state index in [0.29, 0.717) is 5.56 Å². The van der Waals surface area contributed by atoms with Crippen molar-refractivity contribution in [3.05, 3.63) is 30.1 Å². The molecule has 0 saturated carbocycles. The Kier molecular flexibility index (Phi) is 6.30. The highest BCUT2D eigenvalue weighted by Gasteiger charge is 2.21. The molecule has 1 heterocycles. The number of methoxy groups -OCH3 is 1. The smallest absolute Gasteiger partial charge is 0.407 e. The lowest BCUT2D eigenvalue weighted by Crippen LogP contribution is -2.42. The van der Waals surface area contributed by atoms with E-state index in [9.17, 15) is 9.59 Å². The fraction of sp³-hybridized carbons (Fsp3) is 0.533. The van der Waals surface area contributed by atoms with Crippen molar-refractivity contribution in [3.8, 4) is 0 Å². The first-order chi connectivity index (χ1) is 9.81. The summed E-state index contributed by atoms with van der Waals surface area (Å²) in [5.74, 6) is -0.0875. The molecule has 6 nitrogen and oxygen atoms in total. The van der Waals surface area contributed by atoms with E-state index in [1.54, 1.807) is 45.3 Å². The molecule has 21 heavy (non-hydrogen) atoms. The molecule has 1 unspecified atom stereocenters. The first kappa shape index (κ1) is 17.1. The fourth-order valence-corrected chi connectivity index (χ4v) is 1.71. The number of carbonyl (C=O) groups is 2. The van der Waals surface area contributed by atoms with E-state index in [-0.39, 0.29) is 18.8 Å². The van der Waals surface area contributed by atoms with Crippen LogP contribution >= 0.6 is 0 Å². The second kappa shape index (κ2) is 7.73. The van der Waals surface area contributed by atoms with E-state index in [1.165, 1.54) is 7.11 Å². The Morgan fingerprint density at radius 3 is 2.43 bits per heavy atom. The predicted octanol–water partition coefficient (Wildman–Crippen LogP) is 2.19. The van der Waals surface area contributed by atoms with Crippen LogP contribution in [0.15, 0.2) is 24.5 Å². The third-order valence-electron chi connectivity index (χ3n) is 2.52. The molecule has 0 saturated heterocycles. The zero-order chi connectivity index (χ0) is 15.9. The molecular weight excluding hydrogens is 272 g/mol. The van der Waals surface area contributed by atoms with Crippen LogP contribution in [0.1, 0.15) is 37.6 Å². The summed E-state index contributed by atoms with van der Waals surface area (Å²) in [6, 6.07) is 2.84. The highest BCUT2D eigenvalue weighted by molar-refractivity contribution is 5.96. The monoisotopic (exact) mass is 294 g/mol. The summed E-state index contributed by atoms with van der Waals surface area (Å²) in [4.78, 5) is 27.7. The molecule has 116 valence electrons. The van der Waals surface area contributed by atoms with Gasteiger partial charge in [-0.1, -0.05) is 0 Å². The van der Waals surface area contributed by atoms with E-state index >= 15 is 0 Å². The molecule has 1 aromatic rings. The number of Topliss-reactive ketones (excluding diaryl/α,β-unsaturated/α-hetero) is 1. The van der Waals surface area contributed by atoms with Crippen molar-refractivity contribution in [2.75, 3.05) is 13.7 Å². The summed E-state index contributed by atoms with van der Waals surface area (Å²) < 4.78 is 10.2. The molecule has 0 aliphatic rings. The third kappa shape index (κ3) is 6.85. The fourth-order valence-electron chi connectivity index (χ4n) is 1.71. The van der Waals surface area contributed by atoms with Gasteiger partial charge in [0, 0.05) is 31.5 Å². The molecule has 0 aromatic carbocycles. The molecule has 1 atom stereocenters. The highest BCUT2D eigenvalue weighted by Crippen LogP contribution is 2.09. The number of amides is 1. The van der Waals surface area contributed by atoms with Crippen molar-refractivity contribution in [2.45, 2.75) is 38.8 Å². The van der Waals surface area contributed by atoms with Gasteiger partial charge in [0.25, 0.3) is 0 Å². The second-order valence-corrected chi connectivity index (χ2v) is 5.66. The number of nitrogens with one attached hydrogen (secondary N) is 1. The van der Waals surface area contributed by atoms with Crippen LogP contribution in [0.25, 0.3) is 0 Å². The van der Waals surface area contributed by atoms with E-state index in [2.05, 4.69) is 10.3 Å². The molecule has 0 aliphatic carbocycles. The third-order valence-corrected chi connectivity index (χ3v) is 2.52. The summed E-state index contributed by atoms with van der Waals surface area (Å²) in [7, 11) is 1.51. The van der Waals surface area contributed by atoms with Crippen molar-refractivity contribution in [2.24, 2.45) is 0 Å². The topological polar surface area (TPSA) is 77.5 Å². The molecule has 6 heteroatoms. The van der Waals surface area contributed by atoms with Crippen LogP contribution in [0.4, 0.5) is 4.79 Å². The van der Waals surface area contributed by atoms with Crippen molar-refractivity contribution >= 4 is 11.9 Å². The van der Waals surface area contributed by atoms with Crippen LogP contribution in [-0.4, -0.2) is 42.2 Å². The quantitative estimate of drug-likeness (QED) is 0.814. The zero-order valence-electron chi connectivity index (χ0n) is 12.9. The normalized spacial score (nSPS) is 12.6. The lowest BCUT2D eigenvalue weighted by atomic mass is 10.1. The Bertz CT molecular complexity index is 468. The number of carbonyl (C=O) groups excluding carboxylic acids is 2. The lowest BCUT2D eigenvalue weighted by molar-refractivity contribution is 0.0464. The number of ketones is 1. The van der Waals surface area contributed by atoms with Crippen molar-refractivity contribution in [3.63, 3.8) is 0 Å². The van der Waals surface area contributed by atoms with Gasteiger partial charge in [0.05, 0.1) is 12.6 Å². The van der Waals surface area contributed by atoms with E-state index in [0.717, 1.165) is 0 Å². The van der Waals surface area contributed by atoms with Gasteiger partial charge >= 0.3 is 6.09 Å². The van der Waals surface area contributed by atoms with E-state index in [1.807, 2.05) is 0 Å². The van der Waals surface area contributed by atoms with Crippen LogP contribution in [-0.2, 0) is 9.47 Å². The van der Waals surface area contributed by atoms with E-state index in [4.69, 9.17) is 9.47 Å². The number of aromatic nitrogens is 1. The Labute approximate surface area is 124 Å². The number of ether oxygens (including phenoxy) is 2. The molecule has 0 radical (unpaired) electrons. The Morgan fingerprint density at radius 2 is 1.90 bits per heavy atom. The SMILES string of the molecule is COCC(CC(=O)c1ccncc1)NC(=O)OC(C)(C)C. The predicted molar refractivity (Wildman–Crippen MR) is 78.2 cm³/mol. The zero-order valence-corrected chi connectivity index (χ0v) is 12.9. The summed E-state index contributed by atoms with van der Waals surface area (Å²) in [5, 5.41) is 2.65. The maximum absolute atomic E-state index is 12.1. The first-order valence-corrected chi connectivity index (χ1v) is 6.73. The van der Waals surface area contributed by atoms with Gasteiger partial charge in [-0.2, -0.15) is 0 Å². The minimum absolute atomic E-state index is 0.0875. The van der Waals surface area contributed by atoms with Crippen LogP contribution < -0.4 is 5.32 Å². The average molecular weight is 294 g/mol. The summed E-state index contributed by atoms with van der Waals surface area (Å²) in [5.41, 5.74) is -0.0336. The van der Waals surface area contributed by atoms with Crippen LogP contribution in [0, 0.1) is 0 Å². The van der Waals surface area contributed by atoms with Crippen LogP contribution in [0.5, 0.6) is 0 Å². The standard InChI is InChI=1S/C15H22N2O4/c1-15(2,3)21-14(19)17-12(10-20-4)9-13(18)11-5-7-16-8-6-11/h5-8,12H,9-10H2,1-4H3,(H,17,19). The molecular formula is C15H22N2O4. The maximum atomic E-state index is 12.1. The van der Waals surface area contributed by atoms with E-state index < -0.39 is 17.7 Å². The summed E-state index contributed by atoms with van der Waals surface area (Å²) in [6.45, 7) is 5.57. The van der Waals surface area contributed by atoms with Crippen molar-refractivity contribution < 1.29 is 19.1 Å². The van der Waals surface area contributed by atoms with Crippen LogP contribution in [0.3, 0.4) is 0 Å². The molecule has 1 N–H and O–H groups in total. The number of pyridine rings is 1. The van der Waals surface area contributed by atoms with Gasteiger partial charge in [-0.3, -0.25) is 9.78 Å². The highest BCUT2D eigenvalue weighted by atomic mass is 16.6. The average Bonchev–Trinajstić information content (AvgIpc) is 2.37. The Balaban J connectivity index is 2.61. The minimum Gasteiger partial charge on any atom is -0.444 e. The molecule has 1 aromatic heterocycles. The van der Waals surface area contributed by atoms with Gasteiger partial charge in [0.2, 0.25) is 0 Å². The van der Waals surface area contributed by atoms with Crippen molar-refractivity contribution in [1.29, 1.82) is 0 Å². The molecule has 0 bridgehead atoms. The van der Waals surface area contributed by atoms with Gasteiger partial charge in [0.1, 0.15) is 5.60 Å². The molecule has 1 amide bonds. The second-order valence-electron chi connectivity index (χ2n) is 5.66. The largest absolute Gasteiger partial charge is 0.444 e. The van der Waals surface area contributed by atoms with Crippen molar-refractivity contribution in [1.82, 2.24) is 10.3 Å². The van der Waals surface area contributed by atoms with Gasteiger partial charge < -0.3 is 14.8 Å². The van der Waals surface area contributed by atoms with Gasteiger partial charge in [-0.05, 0) is 32.9 Å². The molecule has 0 fully saturated rings.